The van der Waals surface area contributed by atoms with E-state index >= 15 is 0 Å². The fraction of sp³-hybridized carbons (Fsp3) is 0.400. The van der Waals surface area contributed by atoms with Gasteiger partial charge in [0.15, 0.2) is 0 Å². The summed E-state index contributed by atoms with van der Waals surface area (Å²) in [5, 5.41) is 0.734. The van der Waals surface area contributed by atoms with E-state index in [4.69, 9.17) is 16.3 Å². The zero-order valence-electron chi connectivity index (χ0n) is 11.0. The Labute approximate surface area is 113 Å². The second kappa shape index (κ2) is 5.15. The number of nitrogens with zero attached hydrogens (tertiary/aromatic N) is 1. The van der Waals surface area contributed by atoms with Crippen molar-refractivity contribution in [2.45, 2.75) is 38.8 Å². The molecule has 1 unspecified atom stereocenters. The van der Waals surface area contributed by atoms with Gasteiger partial charge in [-0.3, -0.25) is 0 Å². The van der Waals surface area contributed by atoms with E-state index in [9.17, 15) is 0 Å². The van der Waals surface area contributed by atoms with Crippen LogP contribution in [0.4, 0.5) is 0 Å². The van der Waals surface area contributed by atoms with Crippen LogP contribution in [0, 0.1) is 0 Å². The molecule has 0 N–H and O–H groups in total. The summed E-state index contributed by atoms with van der Waals surface area (Å²) < 4.78 is 5.70. The van der Waals surface area contributed by atoms with Crippen LogP contribution in [-0.4, -0.2) is 17.5 Å². The largest absolute Gasteiger partial charge is 0.475 e. The first kappa shape index (κ1) is 13.2. The summed E-state index contributed by atoms with van der Waals surface area (Å²) >= 11 is 5.94. The number of hydrogen-bond acceptors (Lipinski definition) is 2. The maximum absolute atomic E-state index is 5.94. The van der Waals surface area contributed by atoms with Gasteiger partial charge >= 0.3 is 0 Å². The molecular formula is C15H18ClNO. The molecule has 0 aromatic heterocycles. The summed E-state index contributed by atoms with van der Waals surface area (Å²) in [5.41, 5.74) is 0.996. The summed E-state index contributed by atoms with van der Waals surface area (Å²) in [6, 6.07) is 7.70. The van der Waals surface area contributed by atoms with E-state index in [0.717, 1.165) is 17.0 Å². The van der Waals surface area contributed by atoms with Crippen LogP contribution in [-0.2, 0) is 4.74 Å². The van der Waals surface area contributed by atoms with Crippen molar-refractivity contribution in [2.75, 3.05) is 0 Å². The lowest BCUT2D eigenvalue weighted by Gasteiger charge is -2.30. The molecule has 1 aliphatic heterocycles. The van der Waals surface area contributed by atoms with Gasteiger partial charge in [-0.15, -0.1) is 0 Å². The number of benzene rings is 1. The molecule has 1 aromatic carbocycles. The molecule has 0 amide bonds. The maximum atomic E-state index is 5.94. The first-order chi connectivity index (χ1) is 8.44. The Morgan fingerprint density at radius 2 is 2.17 bits per heavy atom. The number of halogens is 1. The van der Waals surface area contributed by atoms with E-state index in [-0.39, 0.29) is 11.6 Å². The predicted molar refractivity (Wildman–Crippen MR) is 77.2 cm³/mol. The van der Waals surface area contributed by atoms with E-state index in [1.165, 1.54) is 0 Å². The number of rotatable bonds is 2. The van der Waals surface area contributed by atoms with Gasteiger partial charge in [0.05, 0.1) is 11.6 Å². The normalized spacial score (nSPS) is 22.7. The second-order valence-corrected chi connectivity index (χ2v) is 5.72. The highest BCUT2D eigenvalue weighted by atomic mass is 35.5. The van der Waals surface area contributed by atoms with E-state index in [1.807, 2.05) is 36.4 Å². The predicted octanol–water partition coefficient (Wildman–Crippen LogP) is 4.34. The average molecular weight is 264 g/mol. The third-order valence-electron chi connectivity index (χ3n) is 2.79. The zero-order valence-corrected chi connectivity index (χ0v) is 11.7. The highest BCUT2D eigenvalue weighted by molar-refractivity contribution is 6.30. The third-order valence-corrected chi connectivity index (χ3v) is 3.02. The minimum absolute atomic E-state index is 0.0499. The van der Waals surface area contributed by atoms with Gasteiger partial charge in [-0.05, 0) is 44.5 Å². The maximum Gasteiger partial charge on any atom is 0.209 e. The Hall–Kier alpha value is -1.28. The minimum Gasteiger partial charge on any atom is -0.475 e. The van der Waals surface area contributed by atoms with Crippen LogP contribution in [0.2, 0.25) is 5.02 Å². The first-order valence-corrected chi connectivity index (χ1v) is 6.53. The molecule has 1 aliphatic rings. The van der Waals surface area contributed by atoms with Crippen molar-refractivity contribution in [3.05, 3.63) is 40.9 Å². The van der Waals surface area contributed by atoms with E-state index in [0.29, 0.717) is 5.90 Å². The summed E-state index contributed by atoms with van der Waals surface area (Å²) in [5.74, 6) is 0.693. The molecule has 0 aliphatic carbocycles. The Bertz CT molecular complexity index is 491. The second-order valence-electron chi connectivity index (χ2n) is 5.28. The van der Waals surface area contributed by atoms with Crippen LogP contribution in [0.3, 0.4) is 0 Å². The minimum atomic E-state index is -0.0499. The van der Waals surface area contributed by atoms with Crippen molar-refractivity contribution in [2.24, 2.45) is 4.99 Å². The van der Waals surface area contributed by atoms with Gasteiger partial charge < -0.3 is 4.74 Å². The van der Waals surface area contributed by atoms with Gasteiger partial charge in [-0.1, -0.05) is 23.7 Å². The zero-order chi connectivity index (χ0) is 13.2. The van der Waals surface area contributed by atoms with Gasteiger partial charge in [-0.25, -0.2) is 4.99 Å². The Balaban J connectivity index is 2.16. The Morgan fingerprint density at radius 3 is 2.83 bits per heavy atom. The molecule has 3 heteroatoms. The van der Waals surface area contributed by atoms with Crippen LogP contribution in [0.5, 0.6) is 0 Å². The number of aliphatic imine (C=N–C) groups is 1. The number of hydrogen-bond donors (Lipinski definition) is 0. The van der Waals surface area contributed by atoms with E-state index < -0.39 is 0 Å². The Kier molecular flexibility index (Phi) is 3.76. The summed E-state index contributed by atoms with van der Waals surface area (Å²) in [4.78, 5) is 4.58. The molecule has 0 saturated carbocycles. The molecule has 2 nitrogen and oxygen atoms in total. The Morgan fingerprint density at radius 1 is 1.39 bits per heavy atom. The highest BCUT2D eigenvalue weighted by Crippen LogP contribution is 2.24. The van der Waals surface area contributed by atoms with Gasteiger partial charge in [-0.2, -0.15) is 0 Å². The van der Waals surface area contributed by atoms with Crippen LogP contribution >= 0.6 is 11.6 Å². The summed E-state index contributed by atoms with van der Waals surface area (Å²) in [6.45, 7) is 6.32. The SMILES string of the molecule is CC1CC(C)(C)N=C(/C=C/c2cccc(Cl)c2)O1. The average Bonchev–Trinajstić information content (AvgIpc) is 2.24. The molecule has 18 heavy (non-hydrogen) atoms. The molecule has 0 bridgehead atoms. The van der Waals surface area contributed by atoms with Crippen molar-refractivity contribution in [1.82, 2.24) is 0 Å². The molecule has 0 spiro atoms. The first-order valence-electron chi connectivity index (χ1n) is 6.15. The van der Waals surface area contributed by atoms with Crippen LogP contribution in [0.15, 0.2) is 35.3 Å². The topological polar surface area (TPSA) is 21.6 Å². The van der Waals surface area contributed by atoms with E-state index in [1.54, 1.807) is 0 Å². The van der Waals surface area contributed by atoms with Gasteiger partial charge in [0.2, 0.25) is 5.90 Å². The van der Waals surface area contributed by atoms with Crippen molar-refractivity contribution >= 4 is 23.6 Å². The van der Waals surface area contributed by atoms with Gasteiger partial charge in [0, 0.05) is 17.5 Å². The fourth-order valence-corrected chi connectivity index (χ4v) is 2.37. The van der Waals surface area contributed by atoms with Crippen molar-refractivity contribution in [1.29, 1.82) is 0 Å². The molecule has 1 aromatic rings. The summed E-state index contributed by atoms with van der Waals surface area (Å²) in [7, 11) is 0. The molecule has 2 rings (SSSR count). The molecule has 0 radical (unpaired) electrons. The van der Waals surface area contributed by atoms with Crippen LogP contribution in [0.25, 0.3) is 6.08 Å². The van der Waals surface area contributed by atoms with Crippen LogP contribution in [0.1, 0.15) is 32.8 Å². The molecule has 96 valence electrons. The highest BCUT2D eigenvalue weighted by Gasteiger charge is 2.26. The van der Waals surface area contributed by atoms with Crippen molar-refractivity contribution in [3.8, 4) is 0 Å². The third kappa shape index (κ3) is 3.61. The van der Waals surface area contributed by atoms with E-state index in [2.05, 4.69) is 25.8 Å². The summed E-state index contributed by atoms with van der Waals surface area (Å²) in [6.07, 6.45) is 5.03. The van der Waals surface area contributed by atoms with Gasteiger partial charge in [0.25, 0.3) is 0 Å². The standard InChI is InChI=1S/C15H18ClNO/c1-11-10-15(2,3)17-14(18-11)8-7-12-5-4-6-13(16)9-12/h4-9,11H,10H2,1-3H3/b8-7+. The molecule has 1 atom stereocenters. The quantitative estimate of drug-likeness (QED) is 0.778. The lowest BCUT2D eigenvalue weighted by molar-refractivity contribution is 0.147. The van der Waals surface area contributed by atoms with Gasteiger partial charge in [0.1, 0.15) is 0 Å². The monoisotopic (exact) mass is 263 g/mol. The molecular weight excluding hydrogens is 246 g/mol. The number of ether oxygens (including phenoxy) is 1. The smallest absolute Gasteiger partial charge is 0.209 e. The van der Waals surface area contributed by atoms with Crippen molar-refractivity contribution < 1.29 is 4.74 Å². The van der Waals surface area contributed by atoms with Crippen molar-refractivity contribution in [3.63, 3.8) is 0 Å². The molecule has 1 heterocycles. The molecule has 0 saturated heterocycles. The lowest BCUT2D eigenvalue weighted by atomic mass is 9.97. The lowest BCUT2D eigenvalue weighted by Crippen LogP contribution is -2.33. The molecule has 0 fully saturated rings. The fourth-order valence-electron chi connectivity index (χ4n) is 2.18. The van der Waals surface area contributed by atoms with Crippen LogP contribution < -0.4 is 0 Å².